The highest BCUT2D eigenvalue weighted by Crippen LogP contribution is 2.43. The molecule has 0 aliphatic rings. The molecule has 6 rings (SSSR count). The largest absolute Gasteiger partial charge is 0.309 e. The molecule has 0 amide bonds. The summed E-state index contributed by atoms with van der Waals surface area (Å²) in [6.45, 7) is 4.33. The van der Waals surface area contributed by atoms with Gasteiger partial charge >= 0.3 is 0 Å². The fraction of sp³-hybridized carbons (Fsp3) is 0.0526. The van der Waals surface area contributed by atoms with E-state index in [2.05, 4.69) is 164 Å². The third-order valence-corrected chi connectivity index (χ3v) is 7.30. The van der Waals surface area contributed by atoms with Crippen molar-refractivity contribution in [3.63, 3.8) is 0 Å². The Hall–Kier alpha value is -4.88. The van der Waals surface area contributed by atoms with E-state index in [1.807, 2.05) is 6.07 Å². The Morgan fingerprint density at radius 3 is 2.00 bits per heavy atom. The number of hydrogen-bond donors (Lipinski definition) is 0. The summed E-state index contributed by atoms with van der Waals surface area (Å²) in [4.78, 5) is 2.40. The Kier molecular flexibility index (Phi) is 6.80. The van der Waals surface area contributed by atoms with Gasteiger partial charge in [-0.15, -0.1) is 0 Å². The molecule has 0 aromatic heterocycles. The summed E-state index contributed by atoms with van der Waals surface area (Å²) in [5.74, 6) is 0. The Balaban J connectivity index is 1.52. The van der Waals surface area contributed by atoms with E-state index in [4.69, 9.17) is 0 Å². The van der Waals surface area contributed by atoms with Gasteiger partial charge in [0.15, 0.2) is 0 Å². The molecule has 0 saturated heterocycles. The van der Waals surface area contributed by atoms with Crippen LogP contribution in [0.1, 0.15) is 23.6 Å². The topological polar surface area (TPSA) is 3.24 Å². The molecular weight excluding hydrogens is 470 g/mol. The van der Waals surface area contributed by atoms with Crippen molar-refractivity contribution in [3.8, 4) is 0 Å². The molecule has 0 saturated carbocycles. The summed E-state index contributed by atoms with van der Waals surface area (Å²) in [7, 11) is 0. The normalized spacial score (nSPS) is 11.9. The first-order valence-electron chi connectivity index (χ1n) is 13.5. The quantitative estimate of drug-likeness (QED) is 0.205. The number of rotatable bonds is 6. The van der Waals surface area contributed by atoms with Gasteiger partial charge in [0.2, 0.25) is 0 Å². The van der Waals surface area contributed by atoms with E-state index in [1.54, 1.807) is 0 Å². The maximum Gasteiger partial charge on any atom is 0.0540 e. The number of fused-ring (bicyclic) bond motifs is 2. The molecule has 0 atom stereocenters. The van der Waals surface area contributed by atoms with Crippen molar-refractivity contribution in [1.29, 1.82) is 0 Å². The van der Waals surface area contributed by atoms with Gasteiger partial charge in [-0.2, -0.15) is 0 Å². The number of allylic oxidation sites excluding steroid dienone is 3. The predicted molar refractivity (Wildman–Crippen MR) is 170 cm³/mol. The maximum absolute atomic E-state index is 2.40. The van der Waals surface area contributed by atoms with Gasteiger partial charge in [-0.25, -0.2) is 0 Å². The minimum atomic E-state index is 1.15. The van der Waals surface area contributed by atoms with E-state index >= 15 is 0 Å². The smallest absolute Gasteiger partial charge is 0.0540 e. The van der Waals surface area contributed by atoms with Crippen molar-refractivity contribution >= 4 is 50.3 Å². The number of nitrogens with zero attached hydrogens (tertiary/aromatic N) is 1. The fourth-order valence-electron chi connectivity index (χ4n) is 5.28. The average Bonchev–Trinajstić information content (AvgIpc) is 2.99. The van der Waals surface area contributed by atoms with Crippen LogP contribution in [-0.2, 0) is 0 Å². The molecule has 1 heteroatoms. The van der Waals surface area contributed by atoms with Crippen LogP contribution in [0.4, 0.5) is 17.1 Å². The summed E-state index contributed by atoms with van der Waals surface area (Å²) < 4.78 is 0. The highest BCUT2D eigenvalue weighted by molar-refractivity contribution is 6.07. The molecule has 0 N–H and O–H groups in total. The Morgan fingerprint density at radius 2 is 1.21 bits per heavy atom. The van der Waals surface area contributed by atoms with Crippen LogP contribution in [0.5, 0.6) is 0 Å². The lowest BCUT2D eigenvalue weighted by Gasteiger charge is -2.29. The highest BCUT2D eigenvalue weighted by atomic mass is 15.1. The number of hydrogen-bond acceptors (Lipinski definition) is 1. The summed E-state index contributed by atoms with van der Waals surface area (Å²) in [6.07, 6.45) is 6.50. The van der Waals surface area contributed by atoms with Gasteiger partial charge in [0.05, 0.1) is 11.4 Å². The van der Waals surface area contributed by atoms with Crippen molar-refractivity contribution in [2.45, 2.75) is 13.8 Å². The monoisotopic (exact) mass is 501 g/mol. The highest BCUT2D eigenvalue weighted by Gasteiger charge is 2.18. The van der Waals surface area contributed by atoms with E-state index in [9.17, 15) is 0 Å². The molecule has 39 heavy (non-hydrogen) atoms. The van der Waals surface area contributed by atoms with Crippen molar-refractivity contribution in [2.75, 3.05) is 4.90 Å². The Morgan fingerprint density at radius 1 is 0.564 bits per heavy atom. The van der Waals surface area contributed by atoms with Gasteiger partial charge in [0.25, 0.3) is 0 Å². The molecule has 0 aliphatic heterocycles. The molecule has 0 spiro atoms. The van der Waals surface area contributed by atoms with Gasteiger partial charge < -0.3 is 4.90 Å². The van der Waals surface area contributed by atoms with E-state index in [0.29, 0.717) is 0 Å². The molecular formula is C38H31N. The zero-order valence-corrected chi connectivity index (χ0v) is 22.4. The van der Waals surface area contributed by atoms with Crippen LogP contribution < -0.4 is 4.90 Å². The molecule has 0 unspecified atom stereocenters. The number of benzene rings is 6. The van der Waals surface area contributed by atoms with E-state index in [-0.39, 0.29) is 0 Å². The third kappa shape index (κ3) is 5.00. The van der Waals surface area contributed by atoms with Gasteiger partial charge in [0, 0.05) is 16.5 Å². The van der Waals surface area contributed by atoms with Crippen LogP contribution >= 0.6 is 0 Å². The molecule has 6 aromatic carbocycles. The molecule has 0 fully saturated rings. The molecule has 0 aliphatic carbocycles. The van der Waals surface area contributed by atoms with E-state index < -0.39 is 0 Å². The van der Waals surface area contributed by atoms with Crippen molar-refractivity contribution < 1.29 is 0 Å². The second kappa shape index (κ2) is 10.8. The van der Waals surface area contributed by atoms with Crippen molar-refractivity contribution in [3.05, 3.63) is 162 Å². The van der Waals surface area contributed by atoms with Crippen LogP contribution in [0.25, 0.3) is 33.2 Å². The molecule has 1 nitrogen and oxygen atoms in total. The molecule has 0 heterocycles. The van der Waals surface area contributed by atoms with Crippen LogP contribution in [-0.4, -0.2) is 0 Å². The fourth-order valence-corrected chi connectivity index (χ4v) is 5.28. The van der Waals surface area contributed by atoms with Crippen LogP contribution in [0.2, 0.25) is 0 Å². The first kappa shape index (κ1) is 24.5. The SMILES string of the molecule is CC(=CC=Cc1ccccc1)c1ccc(N(c2ccc(C)cc2)c2cccc3ccccc23)c2ccccc12. The van der Waals surface area contributed by atoms with Gasteiger partial charge in [0.1, 0.15) is 0 Å². The lowest BCUT2D eigenvalue weighted by Crippen LogP contribution is -2.11. The minimum absolute atomic E-state index is 1.15. The van der Waals surface area contributed by atoms with Gasteiger partial charge in [-0.1, -0.05) is 133 Å². The summed E-state index contributed by atoms with van der Waals surface area (Å²) in [6, 6.07) is 47.7. The summed E-state index contributed by atoms with van der Waals surface area (Å²) >= 11 is 0. The van der Waals surface area contributed by atoms with E-state index in [1.165, 1.54) is 55.2 Å². The van der Waals surface area contributed by atoms with Crippen LogP contribution in [0.15, 0.2) is 146 Å². The predicted octanol–water partition coefficient (Wildman–Crippen LogP) is 10.9. The van der Waals surface area contributed by atoms with Gasteiger partial charge in [-0.3, -0.25) is 0 Å². The van der Waals surface area contributed by atoms with Crippen LogP contribution in [0.3, 0.4) is 0 Å². The molecule has 0 bridgehead atoms. The lowest BCUT2D eigenvalue weighted by molar-refractivity contribution is 1.30. The van der Waals surface area contributed by atoms with Crippen molar-refractivity contribution in [2.24, 2.45) is 0 Å². The zero-order chi connectivity index (χ0) is 26.6. The second-order valence-electron chi connectivity index (χ2n) is 9.97. The van der Waals surface area contributed by atoms with Crippen molar-refractivity contribution in [1.82, 2.24) is 0 Å². The van der Waals surface area contributed by atoms with E-state index in [0.717, 1.165) is 5.69 Å². The second-order valence-corrected chi connectivity index (χ2v) is 9.97. The minimum Gasteiger partial charge on any atom is -0.309 e. The van der Waals surface area contributed by atoms with Gasteiger partial charge in [-0.05, 0) is 65.6 Å². The standard InChI is InChI=1S/C38H31N/c1-28-22-24-32(25-23-28)39(37-21-11-17-31-16-6-7-18-34(31)37)38-27-26-33(35-19-8-9-20-36(35)38)29(2)12-10-15-30-13-4-3-5-14-30/h3-27H,1-2H3. The zero-order valence-electron chi connectivity index (χ0n) is 22.4. The molecule has 6 aromatic rings. The van der Waals surface area contributed by atoms with Crippen LogP contribution in [0, 0.1) is 6.92 Å². The Bertz CT molecular complexity index is 1800. The summed E-state index contributed by atoms with van der Waals surface area (Å²) in [5, 5.41) is 4.94. The summed E-state index contributed by atoms with van der Waals surface area (Å²) in [5.41, 5.74) is 8.42. The first-order valence-corrected chi connectivity index (χ1v) is 13.5. The first-order chi connectivity index (χ1) is 19.2. The maximum atomic E-state index is 2.40. The Labute approximate surface area is 231 Å². The number of anilines is 3. The number of aryl methyl sites for hydroxylation is 1. The average molecular weight is 502 g/mol. The molecule has 0 radical (unpaired) electrons. The molecule has 188 valence electrons. The lowest BCUT2D eigenvalue weighted by atomic mass is 9.96. The third-order valence-electron chi connectivity index (χ3n) is 7.30.